The molecule has 0 unspecified atom stereocenters. The third-order valence-corrected chi connectivity index (χ3v) is 2.78. The minimum Gasteiger partial charge on any atom is -0.220 e. The number of aryl methyl sites for hydroxylation is 1. The molecule has 1 heterocycles. The molecule has 0 aliphatic carbocycles. The Bertz CT molecular complexity index is 479. The minimum absolute atomic E-state index is 0.368. The molecular formula is C10H9Cl2N3. The number of hydrogen-bond donors (Lipinski definition) is 0. The topological polar surface area (TPSA) is 30.7 Å². The molecule has 0 saturated heterocycles. The maximum absolute atomic E-state index is 5.93. The van der Waals surface area contributed by atoms with Crippen LogP contribution in [-0.4, -0.2) is 15.0 Å². The predicted molar refractivity (Wildman–Crippen MR) is 60.7 cm³/mol. The van der Waals surface area contributed by atoms with Gasteiger partial charge in [0.15, 0.2) is 0 Å². The molecule has 2 aromatic rings. The summed E-state index contributed by atoms with van der Waals surface area (Å²) in [4.78, 5) is 0. The molecule has 0 N–H and O–H groups in total. The molecule has 0 amide bonds. The zero-order chi connectivity index (χ0) is 10.8. The second kappa shape index (κ2) is 4.21. The van der Waals surface area contributed by atoms with Gasteiger partial charge in [0.1, 0.15) is 0 Å². The highest BCUT2D eigenvalue weighted by molar-refractivity contribution is 6.31. The van der Waals surface area contributed by atoms with Crippen LogP contribution < -0.4 is 0 Å². The van der Waals surface area contributed by atoms with Gasteiger partial charge in [-0.25, -0.2) is 4.68 Å². The van der Waals surface area contributed by atoms with Crippen molar-refractivity contribution in [3.05, 3.63) is 40.7 Å². The molecule has 3 nitrogen and oxygen atoms in total. The van der Waals surface area contributed by atoms with Crippen LogP contribution in [-0.2, 0) is 5.88 Å². The summed E-state index contributed by atoms with van der Waals surface area (Å²) in [7, 11) is 0. The average molecular weight is 242 g/mol. The molecule has 0 radical (unpaired) electrons. The molecular weight excluding hydrogens is 233 g/mol. The Morgan fingerprint density at radius 3 is 2.80 bits per heavy atom. The molecule has 0 saturated carbocycles. The summed E-state index contributed by atoms with van der Waals surface area (Å²) in [6.07, 6.45) is 1.80. The van der Waals surface area contributed by atoms with Crippen LogP contribution in [0, 0.1) is 6.92 Å². The fourth-order valence-electron chi connectivity index (χ4n) is 1.26. The molecule has 0 aliphatic rings. The summed E-state index contributed by atoms with van der Waals surface area (Å²) in [5.74, 6) is 0.368. The highest BCUT2D eigenvalue weighted by Crippen LogP contribution is 2.18. The van der Waals surface area contributed by atoms with E-state index in [9.17, 15) is 0 Å². The van der Waals surface area contributed by atoms with Gasteiger partial charge in [-0.2, -0.15) is 0 Å². The number of rotatable bonds is 2. The second-order valence-electron chi connectivity index (χ2n) is 3.22. The third-order valence-electron chi connectivity index (χ3n) is 2.08. The first-order valence-corrected chi connectivity index (χ1v) is 5.35. The van der Waals surface area contributed by atoms with Gasteiger partial charge in [0.2, 0.25) is 0 Å². The smallest absolute Gasteiger partial charge is 0.0979 e. The van der Waals surface area contributed by atoms with E-state index in [0.29, 0.717) is 5.88 Å². The van der Waals surface area contributed by atoms with Gasteiger partial charge in [-0.3, -0.25) is 0 Å². The first-order valence-electron chi connectivity index (χ1n) is 4.44. The van der Waals surface area contributed by atoms with Crippen LogP contribution in [0.5, 0.6) is 0 Å². The molecule has 78 valence electrons. The summed E-state index contributed by atoms with van der Waals surface area (Å²) >= 11 is 11.6. The van der Waals surface area contributed by atoms with Gasteiger partial charge >= 0.3 is 0 Å². The molecule has 2 rings (SSSR count). The van der Waals surface area contributed by atoms with E-state index in [-0.39, 0.29) is 0 Å². The molecule has 0 fully saturated rings. The van der Waals surface area contributed by atoms with Crippen molar-refractivity contribution in [2.45, 2.75) is 12.8 Å². The Hall–Kier alpha value is -1.06. The van der Waals surface area contributed by atoms with Gasteiger partial charge < -0.3 is 0 Å². The van der Waals surface area contributed by atoms with Crippen molar-refractivity contribution in [2.24, 2.45) is 0 Å². The lowest BCUT2D eigenvalue weighted by Crippen LogP contribution is -1.95. The van der Waals surface area contributed by atoms with Crippen LogP contribution in [0.4, 0.5) is 0 Å². The Balaban J connectivity index is 2.40. The van der Waals surface area contributed by atoms with E-state index in [1.54, 1.807) is 10.9 Å². The van der Waals surface area contributed by atoms with E-state index >= 15 is 0 Å². The van der Waals surface area contributed by atoms with Crippen LogP contribution in [0.2, 0.25) is 5.02 Å². The lowest BCUT2D eigenvalue weighted by molar-refractivity contribution is 0.799. The monoisotopic (exact) mass is 241 g/mol. The number of nitrogens with zero attached hydrogens (tertiary/aromatic N) is 3. The van der Waals surface area contributed by atoms with Crippen LogP contribution >= 0.6 is 23.2 Å². The summed E-state index contributed by atoms with van der Waals surface area (Å²) < 4.78 is 1.68. The van der Waals surface area contributed by atoms with E-state index in [2.05, 4.69) is 10.3 Å². The van der Waals surface area contributed by atoms with Crippen molar-refractivity contribution in [1.29, 1.82) is 0 Å². The first kappa shape index (κ1) is 10.5. The van der Waals surface area contributed by atoms with E-state index in [1.807, 2.05) is 25.1 Å². The molecule has 1 aromatic carbocycles. The number of aromatic nitrogens is 3. The fourth-order valence-corrected chi connectivity index (χ4v) is 1.50. The largest absolute Gasteiger partial charge is 0.220 e. The molecule has 0 bridgehead atoms. The average Bonchev–Trinajstić information content (AvgIpc) is 2.70. The minimum atomic E-state index is 0.368. The first-order chi connectivity index (χ1) is 7.20. The van der Waals surface area contributed by atoms with Crippen LogP contribution in [0.25, 0.3) is 5.69 Å². The molecule has 15 heavy (non-hydrogen) atoms. The van der Waals surface area contributed by atoms with Crippen LogP contribution in [0.1, 0.15) is 11.3 Å². The standard InChI is InChI=1S/C10H9Cl2N3/c1-7-4-9(2-3-10(7)12)15-6-8(5-11)13-14-15/h2-4,6H,5H2,1H3. The Kier molecular flexibility index (Phi) is 2.93. The molecule has 5 heteroatoms. The predicted octanol–water partition coefficient (Wildman–Crippen LogP) is 2.97. The van der Waals surface area contributed by atoms with Crippen molar-refractivity contribution in [3.8, 4) is 5.69 Å². The fraction of sp³-hybridized carbons (Fsp3) is 0.200. The Morgan fingerprint density at radius 2 is 2.20 bits per heavy atom. The van der Waals surface area contributed by atoms with E-state index in [4.69, 9.17) is 23.2 Å². The van der Waals surface area contributed by atoms with Crippen molar-refractivity contribution >= 4 is 23.2 Å². The lowest BCUT2D eigenvalue weighted by Gasteiger charge is -2.02. The Morgan fingerprint density at radius 1 is 1.40 bits per heavy atom. The van der Waals surface area contributed by atoms with Gasteiger partial charge in [0.25, 0.3) is 0 Å². The van der Waals surface area contributed by atoms with Gasteiger partial charge in [-0.15, -0.1) is 16.7 Å². The number of halogens is 2. The van der Waals surface area contributed by atoms with E-state index in [0.717, 1.165) is 22.0 Å². The normalized spacial score (nSPS) is 10.6. The third kappa shape index (κ3) is 2.13. The number of benzene rings is 1. The van der Waals surface area contributed by atoms with Crippen molar-refractivity contribution in [2.75, 3.05) is 0 Å². The maximum atomic E-state index is 5.93. The highest BCUT2D eigenvalue weighted by atomic mass is 35.5. The molecule has 0 aliphatic heterocycles. The zero-order valence-corrected chi connectivity index (χ0v) is 9.63. The van der Waals surface area contributed by atoms with Gasteiger partial charge in [0.05, 0.1) is 23.5 Å². The number of hydrogen-bond acceptors (Lipinski definition) is 2. The highest BCUT2D eigenvalue weighted by Gasteiger charge is 2.03. The van der Waals surface area contributed by atoms with Crippen molar-refractivity contribution in [1.82, 2.24) is 15.0 Å². The SMILES string of the molecule is Cc1cc(-n2cc(CCl)nn2)ccc1Cl. The number of alkyl halides is 1. The summed E-state index contributed by atoms with van der Waals surface area (Å²) in [5.41, 5.74) is 2.70. The zero-order valence-electron chi connectivity index (χ0n) is 8.11. The van der Waals surface area contributed by atoms with E-state index in [1.165, 1.54) is 0 Å². The van der Waals surface area contributed by atoms with Crippen LogP contribution in [0.15, 0.2) is 24.4 Å². The Labute approximate surface area is 97.6 Å². The molecule has 1 aromatic heterocycles. The second-order valence-corrected chi connectivity index (χ2v) is 3.90. The van der Waals surface area contributed by atoms with Gasteiger partial charge in [0, 0.05) is 5.02 Å². The van der Waals surface area contributed by atoms with Crippen LogP contribution in [0.3, 0.4) is 0 Å². The van der Waals surface area contributed by atoms with Crippen molar-refractivity contribution in [3.63, 3.8) is 0 Å². The van der Waals surface area contributed by atoms with Gasteiger partial charge in [-0.1, -0.05) is 16.8 Å². The summed E-state index contributed by atoms with van der Waals surface area (Å²) in [6, 6.07) is 5.69. The van der Waals surface area contributed by atoms with Gasteiger partial charge in [-0.05, 0) is 30.7 Å². The molecule has 0 atom stereocenters. The lowest BCUT2D eigenvalue weighted by atomic mass is 10.2. The summed E-state index contributed by atoms with van der Waals surface area (Å²) in [6.45, 7) is 1.95. The van der Waals surface area contributed by atoms with Crippen molar-refractivity contribution < 1.29 is 0 Å². The quantitative estimate of drug-likeness (QED) is 0.758. The maximum Gasteiger partial charge on any atom is 0.0979 e. The summed E-state index contributed by atoms with van der Waals surface area (Å²) in [5, 5.41) is 8.63. The molecule has 0 spiro atoms. The van der Waals surface area contributed by atoms with E-state index < -0.39 is 0 Å².